The van der Waals surface area contributed by atoms with Crippen molar-refractivity contribution in [1.29, 1.82) is 0 Å². The Bertz CT molecular complexity index is 867. The minimum absolute atomic E-state index is 1.10. The van der Waals surface area contributed by atoms with Crippen LogP contribution in [-0.4, -0.2) is 19.5 Å². The summed E-state index contributed by atoms with van der Waals surface area (Å²) in [5, 5.41) is 2.21. The van der Waals surface area contributed by atoms with E-state index in [1.54, 1.807) is 14.2 Å². The molecular formula is C22H23O2P. The molecule has 0 aromatic heterocycles. The Hall–Kier alpha value is -2.12. The highest BCUT2D eigenvalue weighted by atomic mass is 31.2. The summed E-state index contributed by atoms with van der Waals surface area (Å²) < 4.78 is 12.2. The number of hydrogen-bond donors (Lipinski definition) is 0. The molecule has 2 aromatic carbocycles. The van der Waals surface area contributed by atoms with E-state index >= 15 is 0 Å². The number of benzene rings is 2. The monoisotopic (exact) mass is 350 g/mol. The van der Waals surface area contributed by atoms with Crippen LogP contribution >= 0.6 is 7.34 Å². The lowest BCUT2D eigenvalue weighted by molar-refractivity contribution is 0.345. The van der Waals surface area contributed by atoms with Gasteiger partial charge in [-0.2, -0.15) is 0 Å². The summed E-state index contributed by atoms with van der Waals surface area (Å²) in [6.07, 6.45) is 8.54. The van der Waals surface area contributed by atoms with E-state index in [4.69, 9.17) is 9.05 Å². The lowest BCUT2D eigenvalue weighted by Crippen LogP contribution is -2.10. The standard InChI is InChI=1S/C22H23O2P/c1-4-11-18-16-21(19-12-7-5-8-13-19)25(23-2,24-3)22(17-18)20-14-9-6-10-15-20/h4-17H,1-3H3/b11-4+. The second-order valence-electron chi connectivity index (χ2n) is 5.71. The van der Waals surface area contributed by atoms with Gasteiger partial charge < -0.3 is 9.05 Å². The van der Waals surface area contributed by atoms with Gasteiger partial charge in [-0.3, -0.25) is 0 Å². The quantitative estimate of drug-likeness (QED) is 0.625. The second-order valence-corrected chi connectivity index (χ2v) is 8.50. The van der Waals surface area contributed by atoms with Crippen molar-refractivity contribution >= 4 is 17.9 Å². The molecule has 2 nitrogen and oxygen atoms in total. The van der Waals surface area contributed by atoms with Gasteiger partial charge in [0, 0.05) is 24.8 Å². The average Bonchev–Trinajstić information content (AvgIpc) is 2.69. The third-order valence-corrected chi connectivity index (χ3v) is 7.33. The maximum absolute atomic E-state index is 6.10. The Kier molecular flexibility index (Phi) is 5.55. The van der Waals surface area contributed by atoms with Gasteiger partial charge >= 0.3 is 0 Å². The molecule has 1 heterocycles. The molecule has 128 valence electrons. The summed E-state index contributed by atoms with van der Waals surface area (Å²) >= 11 is 0. The van der Waals surface area contributed by atoms with Gasteiger partial charge in [0.1, 0.15) is 0 Å². The minimum Gasteiger partial charge on any atom is -0.337 e. The first kappa shape index (κ1) is 17.7. The zero-order valence-corrected chi connectivity index (χ0v) is 15.7. The first-order valence-corrected chi connectivity index (χ1v) is 9.93. The summed E-state index contributed by atoms with van der Waals surface area (Å²) in [6, 6.07) is 20.7. The SMILES string of the molecule is C/C=C/C1=CC(c2ccccc2)=P(OC)(OC)C(c2ccccc2)=C1. The third kappa shape index (κ3) is 3.34. The van der Waals surface area contributed by atoms with Crippen LogP contribution in [0.25, 0.3) is 5.31 Å². The summed E-state index contributed by atoms with van der Waals surface area (Å²) in [6.45, 7) is 2.03. The topological polar surface area (TPSA) is 18.5 Å². The molecule has 0 atom stereocenters. The summed E-state index contributed by atoms with van der Waals surface area (Å²) in [5.74, 6) is 0. The van der Waals surface area contributed by atoms with E-state index in [1.807, 2.05) is 43.3 Å². The highest BCUT2D eigenvalue weighted by Crippen LogP contribution is 2.64. The van der Waals surface area contributed by atoms with Crippen LogP contribution in [0.2, 0.25) is 0 Å². The summed E-state index contributed by atoms with van der Waals surface area (Å²) in [5.41, 5.74) is 3.40. The molecule has 0 radical (unpaired) electrons. The van der Waals surface area contributed by atoms with Crippen molar-refractivity contribution in [2.45, 2.75) is 6.92 Å². The Labute approximate surface area is 150 Å². The highest BCUT2D eigenvalue weighted by Gasteiger charge is 2.31. The molecule has 0 saturated carbocycles. The van der Waals surface area contributed by atoms with E-state index in [1.165, 1.54) is 0 Å². The predicted octanol–water partition coefficient (Wildman–Crippen LogP) is 5.90. The van der Waals surface area contributed by atoms with Crippen molar-refractivity contribution in [2.75, 3.05) is 14.2 Å². The van der Waals surface area contributed by atoms with Crippen molar-refractivity contribution in [3.63, 3.8) is 0 Å². The van der Waals surface area contributed by atoms with Crippen LogP contribution in [0.3, 0.4) is 0 Å². The number of allylic oxidation sites excluding steroid dienone is 5. The van der Waals surface area contributed by atoms with E-state index in [0.29, 0.717) is 0 Å². The molecule has 0 fully saturated rings. The fraction of sp³-hybridized carbons (Fsp3) is 0.136. The molecule has 0 aliphatic carbocycles. The molecule has 0 saturated heterocycles. The van der Waals surface area contributed by atoms with E-state index in [0.717, 1.165) is 27.3 Å². The van der Waals surface area contributed by atoms with E-state index in [2.05, 4.69) is 48.6 Å². The highest BCUT2D eigenvalue weighted by molar-refractivity contribution is 7.78. The summed E-state index contributed by atoms with van der Waals surface area (Å²) in [4.78, 5) is 0. The number of hydrogen-bond acceptors (Lipinski definition) is 2. The second kappa shape index (κ2) is 7.84. The van der Waals surface area contributed by atoms with Gasteiger partial charge in [-0.25, -0.2) is 0 Å². The maximum Gasteiger partial charge on any atom is 0.162 e. The molecule has 3 heteroatoms. The molecule has 3 rings (SSSR count). The molecule has 0 amide bonds. The first-order valence-electron chi connectivity index (χ1n) is 8.30. The number of rotatable bonds is 5. The fourth-order valence-corrected chi connectivity index (χ4v) is 5.95. The fourth-order valence-electron chi connectivity index (χ4n) is 3.14. The van der Waals surface area contributed by atoms with Crippen molar-refractivity contribution in [1.82, 2.24) is 0 Å². The zero-order chi connectivity index (χ0) is 17.7. The largest absolute Gasteiger partial charge is 0.337 e. The first-order chi connectivity index (χ1) is 12.2. The van der Waals surface area contributed by atoms with Crippen LogP contribution in [0, 0.1) is 0 Å². The van der Waals surface area contributed by atoms with Gasteiger partial charge in [-0.1, -0.05) is 72.8 Å². The van der Waals surface area contributed by atoms with Crippen molar-refractivity contribution in [3.8, 4) is 0 Å². The molecule has 1 aliphatic heterocycles. The Morgan fingerprint density at radius 3 is 1.84 bits per heavy atom. The van der Waals surface area contributed by atoms with Gasteiger partial charge in [-0.05, 0) is 35.8 Å². The maximum atomic E-state index is 6.10. The van der Waals surface area contributed by atoms with Gasteiger partial charge in [-0.15, -0.1) is 0 Å². The van der Waals surface area contributed by atoms with Gasteiger partial charge in [0.2, 0.25) is 0 Å². The molecule has 1 aliphatic rings. The van der Waals surface area contributed by atoms with Crippen LogP contribution in [0.5, 0.6) is 0 Å². The normalized spacial score (nSPS) is 16.7. The third-order valence-electron chi connectivity index (χ3n) is 4.25. The lowest BCUT2D eigenvalue weighted by Gasteiger charge is -2.32. The minimum atomic E-state index is -2.41. The van der Waals surface area contributed by atoms with E-state index in [-0.39, 0.29) is 0 Å². The molecule has 25 heavy (non-hydrogen) atoms. The van der Waals surface area contributed by atoms with Gasteiger partial charge in [0.25, 0.3) is 0 Å². The Morgan fingerprint density at radius 2 is 1.32 bits per heavy atom. The van der Waals surface area contributed by atoms with Crippen LogP contribution in [0.1, 0.15) is 18.1 Å². The predicted molar refractivity (Wildman–Crippen MR) is 109 cm³/mol. The molecule has 0 unspecified atom stereocenters. The lowest BCUT2D eigenvalue weighted by atomic mass is 10.1. The van der Waals surface area contributed by atoms with Crippen LogP contribution in [0.4, 0.5) is 0 Å². The van der Waals surface area contributed by atoms with Crippen LogP contribution in [0.15, 0.2) is 90.5 Å². The molecule has 0 spiro atoms. The summed E-state index contributed by atoms with van der Waals surface area (Å²) in [7, 11) is 1.07. The van der Waals surface area contributed by atoms with E-state index in [9.17, 15) is 0 Å². The van der Waals surface area contributed by atoms with Crippen LogP contribution < -0.4 is 0 Å². The molecular weight excluding hydrogens is 327 g/mol. The molecule has 0 bridgehead atoms. The zero-order valence-electron chi connectivity index (χ0n) is 14.8. The van der Waals surface area contributed by atoms with Gasteiger partial charge in [0.05, 0.1) is 0 Å². The van der Waals surface area contributed by atoms with E-state index < -0.39 is 7.34 Å². The van der Waals surface area contributed by atoms with Crippen LogP contribution in [-0.2, 0) is 9.05 Å². The van der Waals surface area contributed by atoms with Crippen molar-refractivity contribution in [2.24, 2.45) is 0 Å². The van der Waals surface area contributed by atoms with Crippen molar-refractivity contribution < 1.29 is 9.05 Å². The smallest absolute Gasteiger partial charge is 0.162 e. The average molecular weight is 350 g/mol. The molecule has 2 aromatic rings. The Morgan fingerprint density at radius 1 is 0.760 bits per heavy atom. The van der Waals surface area contributed by atoms with Crippen molar-refractivity contribution in [3.05, 3.63) is 102 Å². The van der Waals surface area contributed by atoms with Gasteiger partial charge in [0.15, 0.2) is 7.34 Å². The Balaban J connectivity index is 2.36. The molecule has 0 N–H and O–H groups in total.